The second-order valence-corrected chi connectivity index (χ2v) is 3.49. The molecule has 0 bridgehead atoms. The van der Waals surface area contributed by atoms with Crippen LogP contribution in [-0.2, 0) is 11.2 Å². The molecule has 1 amide bonds. The first-order valence-corrected chi connectivity index (χ1v) is 4.71. The normalized spacial score (nSPS) is 10.5. The summed E-state index contributed by atoms with van der Waals surface area (Å²) in [5.74, 6) is -0.400. The van der Waals surface area contributed by atoms with Crippen LogP contribution in [0.25, 0.3) is 10.9 Å². The Hall–Kier alpha value is -1.81. The van der Waals surface area contributed by atoms with E-state index >= 15 is 0 Å². The first-order chi connectivity index (χ1) is 7.22. The summed E-state index contributed by atoms with van der Waals surface area (Å²) in [5.41, 5.74) is 4.54. The van der Waals surface area contributed by atoms with E-state index in [2.05, 4.69) is 4.98 Å². The number of H-pyrrole nitrogens is 1. The van der Waals surface area contributed by atoms with Gasteiger partial charge in [0.05, 0.1) is 6.42 Å². The molecule has 0 spiro atoms. The number of rotatable bonds is 2. The van der Waals surface area contributed by atoms with Crippen LogP contribution in [0.2, 0.25) is 0 Å². The first-order valence-electron chi connectivity index (χ1n) is 4.71. The van der Waals surface area contributed by atoms with Gasteiger partial charge in [-0.25, -0.2) is 5.48 Å². The van der Waals surface area contributed by atoms with Crippen LogP contribution in [0, 0.1) is 6.92 Å². The highest BCUT2D eigenvalue weighted by molar-refractivity contribution is 5.89. The van der Waals surface area contributed by atoms with Gasteiger partial charge < -0.3 is 4.98 Å². The van der Waals surface area contributed by atoms with E-state index in [-0.39, 0.29) is 6.42 Å². The van der Waals surface area contributed by atoms with E-state index in [0.29, 0.717) is 0 Å². The van der Waals surface area contributed by atoms with Gasteiger partial charge >= 0.3 is 0 Å². The van der Waals surface area contributed by atoms with Crippen molar-refractivity contribution >= 4 is 16.8 Å². The van der Waals surface area contributed by atoms with Crippen molar-refractivity contribution in [3.63, 3.8) is 0 Å². The number of aryl methyl sites for hydroxylation is 1. The minimum absolute atomic E-state index is 0.187. The van der Waals surface area contributed by atoms with Gasteiger partial charge in [-0.15, -0.1) is 0 Å². The van der Waals surface area contributed by atoms with E-state index in [0.717, 1.165) is 22.2 Å². The maximum absolute atomic E-state index is 11.1. The van der Waals surface area contributed by atoms with E-state index < -0.39 is 5.91 Å². The fraction of sp³-hybridized carbons (Fsp3) is 0.182. The number of hydroxylamine groups is 1. The molecule has 0 saturated carbocycles. The van der Waals surface area contributed by atoms with Crippen LogP contribution in [-0.4, -0.2) is 16.1 Å². The standard InChI is InChI=1S/C11H12N2O2/c1-7-9(6-11(14)13-15)8-4-2-3-5-10(8)12-7/h2-5,12,15H,6H2,1H3,(H,13,14). The van der Waals surface area contributed by atoms with Gasteiger partial charge in [-0.2, -0.15) is 0 Å². The lowest BCUT2D eigenvalue weighted by molar-refractivity contribution is -0.128. The predicted molar refractivity (Wildman–Crippen MR) is 56.7 cm³/mol. The molecular weight excluding hydrogens is 192 g/mol. The molecule has 4 nitrogen and oxygen atoms in total. The van der Waals surface area contributed by atoms with Gasteiger partial charge in [0.25, 0.3) is 0 Å². The van der Waals surface area contributed by atoms with Crippen LogP contribution >= 0.6 is 0 Å². The zero-order valence-corrected chi connectivity index (χ0v) is 8.37. The smallest absolute Gasteiger partial charge is 0.247 e. The Bertz CT molecular complexity index is 502. The quantitative estimate of drug-likeness (QED) is 0.513. The third kappa shape index (κ3) is 1.71. The number of amides is 1. The first kappa shape index (κ1) is 9.73. The Morgan fingerprint density at radius 2 is 2.20 bits per heavy atom. The number of carbonyl (C=O) groups excluding carboxylic acids is 1. The summed E-state index contributed by atoms with van der Waals surface area (Å²) in [6.07, 6.45) is 0.187. The lowest BCUT2D eigenvalue weighted by Gasteiger charge is -1.99. The van der Waals surface area contributed by atoms with Gasteiger partial charge in [0.15, 0.2) is 0 Å². The van der Waals surface area contributed by atoms with E-state index in [1.54, 1.807) is 5.48 Å². The number of nitrogens with one attached hydrogen (secondary N) is 2. The van der Waals surface area contributed by atoms with Gasteiger partial charge in [-0.3, -0.25) is 10.0 Å². The number of fused-ring (bicyclic) bond motifs is 1. The Kier molecular flexibility index (Phi) is 2.43. The molecule has 1 aromatic carbocycles. The number of aromatic nitrogens is 1. The molecule has 0 radical (unpaired) electrons. The molecule has 0 saturated heterocycles. The third-order valence-electron chi connectivity index (χ3n) is 2.49. The minimum atomic E-state index is -0.400. The van der Waals surface area contributed by atoms with E-state index in [1.807, 2.05) is 31.2 Å². The van der Waals surface area contributed by atoms with Crippen molar-refractivity contribution in [2.24, 2.45) is 0 Å². The van der Waals surface area contributed by atoms with Crippen molar-refractivity contribution in [2.45, 2.75) is 13.3 Å². The van der Waals surface area contributed by atoms with Gasteiger partial charge in [0.1, 0.15) is 0 Å². The molecule has 0 atom stereocenters. The number of hydrogen-bond acceptors (Lipinski definition) is 2. The summed E-state index contributed by atoms with van der Waals surface area (Å²) < 4.78 is 0. The van der Waals surface area contributed by atoms with Crippen molar-refractivity contribution in [3.05, 3.63) is 35.5 Å². The third-order valence-corrected chi connectivity index (χ3v) is 2.49. The summed E-state index contributed by atoms with van der Waals surface area (Å²) in [4.78, 5) is 14.3. The largest absolute Gasteiger partial charge is 0.358 e. The van der Waals surface area contributed by atoms with E-state index in [9.17, 15) is 4.79 Å². The second-order valence-electron chi connectivity index (χ2n) is 3.49. The highest BCUT2D eigenvalue weighted by Gasteiger charge is 2.10. The number of para-hydroxylation sites is 1. The van der Waals surface area contributed by atoms with Crippen molar-refractivity contribution in [1.29, 1.82) is 0 Å². The summed E-state index contributed by atoms with van der Waals surface area (Å²) in [6.45, 7) is 1.92. The maximum Gasteiger partial charge on any atom is 0.247 e. The molecular formula is C11H12N2O2. The zero-order chi connectivity index (χ0) is 10.8. The van der Waals surface area contributed by atoms with Gasteiger partial charge in [0, 0.05) is 16.6 Å². The highest BCUT2D eigenvalue weighted by Crippen LogP contribution is 2.21. The Labute approximate surface area is 86.9 Å². The summed E-state index contributed by atoms with van der Waals surface area (Å²) in [7, 11) is 0. The Balaban J connectivity index is 2.49. The molecule has 15 heavy (non-hydrogen) atoms. The predicted octanol–water partition coefficient (Wildman–Crippen LogP) is 1.52. The monoisotopic (exact) mass is 204 g/mol. The second kappa shape index (κ2) is 3.74. The lowest BCUT2D eigenvalue weighted by atomic mass is 10.1. The molecule has 0 aliphatic rings. The fourth-order valence-corrected chi connectivity index (χ4v) is 1.76. The molecule has 2 aromatic rings. The topological polar surface area (TPSA) is 65.1 Å². The van der Waals surface area contributed by atoms with Crippen LogP contribution in [0.4, 0.5) is 0 Å². The average molecular weight is 204 g/mol. The highest BCUT2D eigenvalue weighted by atomic mass is 16.5. The zero-order valence-electron chi connectivity index (χ0n) is 8.37. The molecule has 2 rings (SSSR count). The molecule has 0 unspecified atom stereocenters. The van der Waals surface area contributed by atoms with Gasteiger partial charge in [-0.05, 0) is 18.6 Å². The van der Waals surface area contributed by atoms with Gasteiger partial charge in [-0.1, -0.05) is 18.2 Å². The molecule has 1 aromatic heterocycles. The van der Waals surface area contributed by atoms with Crippen LogP contribution in [0.3, 0.4) is 0 Å². The molecule has 3 N–H and O–H groups in total. The lowest BCUT2D eigenvalue weighted by Crippen LogP contribution is -2.20. The molecule has 0 aliphatic carbocycles. The number of aromatic amines is 1. The fourth-order valence-electron chi connectivity index (χ4n) is 1.76. The molecule has 0 aliphatic heterocycles. The van der Waals surface area contributed by atoms with Crippen molar-refractivity contribution in [3.8, 4) is 0 Å². The maximum atomic E-state index is 11.1. The molecule has 0 fully saturated rings. The number of benzene rings is 1. The molecule has 78 valence electrons. The van der Waals surface area contributed by atoms with Crippen LogP contribution in [0.15, 0.2) is 24.3 Å². The van der Waals surface area contributed by atoms with E-state index in [1.165, 1.54) is 0 Å². The average Bonchev–Trinajstić information content (AvgIpc) is 2.55. The number of hydrogen-bond donors (Lipinski definition) is 3. The van der Waals surface area contributed by atoms with E-state index in [4.69, 9.17) is 5.21 Å². The van der Waals surface area contributed by atoms with Crippen molar-refractivity contribution in [1.82, 2.24) is 10.5 Å². The van der Waals surface area contributed by atoms with Crippen molar-refractivity contribution in [2.75, 3.05) is 0 Å². The molecule has 4 heteroatoms. The van der Waals surface area contributed by atoms with Crippen LogP contribution < -0.4 is 5.48 Å². The van der Waals surface area contributed by atoms with Crippen LogP contribution in [0.5, 0.6) is 0 Å². The summed E-state index contributed by atoms with van der Waals surface area (Å²) >= 11 is 0. The SMILES string of the molecule is Cc1[nH]c2ccccc2c1CC(=O)NO. The van der Waals surface area contributed by atoms with Crippen molar-refractivity contribution < 1.29 is 10.0 Å². The van der Waals surface area contributed by atoms with Gasteiger partial charge in [0.2, 0.25) is 5.91 Å². The Morgan fingerprint density at radius 3 is 2.93 bits per heavy atom. The summed E-state index contributed by atoms with van der Waals surface area (Å²) in [5, 5.41) is 9.51. The number of carbonyl (C=O) groups is 1. The molecule has 1 heterocycles. The summed E-state index contributed by atoms with van der Waals surface area (Å²) in [6, 6.07) is 7.78. The Morgan fingerprint density at radius 1 is 1.47 bits per heavy atom. The van der Waals surface area contributed by atoms with Crippen LogP contribution in [0.1, 0.15) is 11.3 Å². The minimum Gasteiger partial charge on any atom is -0.358 e.